The molecule has 1 atom stereocenters. The summed E-state index contributed by atoms with van der Waals surface area (Å²) in [4.78, 5) is 0. The van der Waals surface area contributed by atoms with Crippen LogP contribution in [-0.4, -0.2) is 5.11 Å². The lowest BCUT2D eigenvalue weighted by molar-refractivity contribution is 0.216. The van der Waals surface area contributed by atoms with Crippen LogP contribution in [0, 0.1) is 5.82 Å². The van der Waals surface area contributed by atoms with Crippen molar-refractivity contribution in [3.8, 4) is 0 Å². The number of hydrogen-bond acceptors (Lipinski definition) is 1. The molecule has 1 N–H and O–H groups in total. The van der Waals surface area contributed by atoms with Crippen molar-refractivity contribution in [3.63, 3.8) is 0 Å². The molecule has 0 aliphatic rings. The maximum Gasteiger partial charge on any atom is 0.141 e. The van der Waals surface area contributed by atoms with Crippen LogP contribution >= 0.6 is 11.6 Å². The molecule has 1 rings (SSSR count). The Morgan fingerprint density at radius 2 is 2.23 bits per heavy atom. The summed E-state index contributed by atoms with van der Waals surface area (Å²) < 4.78 is 12.7. The van der Waals surface area contributed by atoms with Crippen LogP contribution in [0.5, 0.6) is 0 Å². The van der Waals surface area contributed by atoms with E-state index in [0.29, 0.717) is 11.1 Å². The Hall–Kier alpha value is -0.860. The van der Waals surface area contributed by atoms with E-state index >= 15 is 0 Å². The molecule has 0 bridgehead atoms. The predicted octanol–water partition coefficient (Wildman–Crippen LogP) is 3.09. The van der Waals surface area contributed by atoms with Crippen LogP contribution in [0.1, 0.15) is 18.6 Å². The quantitative estimate of drug-likeness (QED) is 0.728. The highest BCUT2D eigenvalue weighted by atomic mass is 35.5. The molecule has 1 unspecified atom stereocenters. The fraction of sp³-hybridized carbons (Fsp3) is 0.200. The van der Waals surface area contributed by atoms with Gasteiger partial charge in [-0.3, -0.25) is 0 Å². The zero-order valence-electron chi connectivity index (χ0n) is 7.22. The molecule has 1 nitrogen and oxygen atoms in total. The molecule has 0 radical (unpaired) electrons. The topological polar surface area (TPSA) is 20.2 Å². The Morgan fingerprint density at radius 3 is 2.69 bits per heavy atom. The monoisotopic (exact) mass is 200 g/mol. The van der Waals surface area contributed by atoms with Gasteiger partial charge < -0.3 is 5.11 Å². The van der Waals surface area contributed by atoms with Gasteiger partial charge in [-0.05, 0) is 30.2 Å². The number of rotatable bonds is 2. The highest BCUT2D eigenvalue weighted by molar-refractivity contribution is 6.30. The van der Waals surface area contributed by atoms with Crippen molar-refractivity contribution in [2.24, 2.45) is 0 Å². The first-order chi connectivity index (χ1) is 6.02. The van der Waals surface area contributed by atoms with Crippen molar-refractivity contribution in [3.05, 3.63) is 46.8 Å². The second-order valence-electron chi connectivity index (χ2n) is 2.92. The molecule has 3 heteroatoms. The Kier molecular flexibility index (Phi) is 3.07. The molecule has 0 aliphatic heterocycles. The van der Waals surface area contributed by atoms with E-state index in [1.54, 1.807) is 6.92 Å². The molecule has 0 saturated carbocycles. The number of halogens is 2. The summed E-state index contributed by atoms with van der Waals surface area (Å²) in [5.41, 5.74) is 1.15. The third-order valence-corrected chi connectivity index (χ3v) is 2.02. The molecular formula is C10H10ClFO. The molecule has 13 heavy (non-hydrogen) atoms. The van der Waals surface area contributed by atoms with E-state index in [2.05, 4.69) is 6.58 Å². The van der Waals surface area contributed by atoms with Gasteiger partial charge in [-0.25, -0.2) is 4.39 Å². The molecule has 0 aliphatic carbocycles. The van der Waals surface area contributed by atoms with E-state index in [0.717, 1.165) is 0 Å². The fourth-order valence-electron chi connectivity index (χ4n) is 0.967. The lowest BCUT2D eigenvalue weighted by atomic mass is 10.0. The van der Waals surface area contributed by atoms with Crippen molar-refractivity contribution in [2.75, 3.05) is 0 Å². The van der Waals surface area contributed by atoms with Gasteiger partial charge >= 0.3 is 0 Å². The molecule has 0 spiro atoms. The summed E-state index contributed by atoms with van der Waals surface area (Å²) in [7, 11) is 0. The van der Waals surface area contributed by atoms with Gasteiger partial charge in [0.2, 0.25) is 0 Å². The maximum absolute atomic E-state index is 12.7. The first-order valence-electron chi connectivity index (χ1n) is 3.81. The molecule has 0 saturated heterocycles. The van der Waals surface area contributed by atoms with Crippen LogP contribution in [-0.2, 0) is 0 Å². The van der Waals surface area contributed by atoms with Crippen molar-refractivity contribution in [1.29, 1.82) is 0 Å². The minimum absolute atomic E-state index is 0.0119. The zero-order chi connectivity index (χ0) is 10.0. The van der Waals surface area contributed by atoms with Crippen molar-refractivity contribution >= 4 is 11.6 Å². The van der Waals surface area contributed by atoms with Crippen molar-refractivity contribution in [1.82, 2.24) is 0 Å². The van der Waals surface area contributed by atoms with Crippen LogP contribution in [0.3, 0.4) is 0 Å². The smallest absolute Gasteiger partial charge is 0.141 e. The van der Waals surface area contributed by atoms with E-state index < -0.39 is 11.9 Å². The Morgan fingerprint density at radius 1 is 1.62 bits per heavy atom. The second kappa shape index (κ2) is 3.90. The summed E-state index contributed by atoms with van der Waals surface area (Å²) >= 11 is 5.55. The highest BCUT2D eigenvalue weighted by Crippen LogP contribution is 2.24. The Bertz CT molecular complexity index is 336. The first kappa shape index (κ1) is 10.2. The van der Waals surface area contributed by atoms with Gasteiger partial charge in [0, 0.05) is 0 Å². The van der Waals surface area contributed by atoms with E-state index in [9.17, 15) is 9.50 Å². The van der Waals surface area contributed by atoms with Crippen LogP contribution < -0.4 is 0 Å². The third kappa shape index (κ3) is 2.29. The predicted molar refractivity (Wildman–Crippen MR) is 51.2 cm³/mol. The minimum atomic E-state index is -0.780. The minimum Gasteiger partial charge on any atom is -0.384 e. The normalized spacial score (nSPS) is 12.6. The second-order valence-corrected chi connectivity index (χ2v) is 3.33. The highest BCUT2D eigenvalue weighted by Gasteiger charge is 2.09. The van der Waals surface area contributed by atoms with Crippen LogP contribution in [0.15, 0.2) is 30.4 Å². The molecule has 0 amide bonds. The van der Waals surface area contributed by atoms with Crippen molar-refractivity contribution in [2.45, 2.75) is 13.0 Å². The van der Waals surface area contributed by atoms with Crippen LogP contribution in [0.4, 0.5) is 4.39 Å². The van der Waals surface area contributed by atoms with E-state index in [4.69, 9.17) is 11.6 Å². The fourth-order valence-corrected chi connectivity index (χ4v) is 1.16. The van der Waals surface area contributed by atoms with E-state index in [1.165, 1.54) is 18.2 Å². The first-order valence-corrected chi connectivity index (χ1v) is 4.18. The van der Waals surface area contributed by atoms with Gasteiger partial charge in [-0.15, -0.1) is 0 Å². The lowest BCUT2D eigenvalue weighted by Crippen LogP contribution is -1.98. The summed E-state index contributed by atoms with van der Waals surface area (Å²) in [6, 6.07) is 4.11. The summed E-state index contributed by atoms with van der Waals surface area (Å²) in [6.45, 7) is 5.29. The zero-order valence-corrected chi connectivity index (χ0v) is 7.98. The summed E-state index contributed by atoms with van der Waals surface area (Å²) in [5.74, 6) is -0.487. The van der Waals surface area contributed by atoms with Gasteiger partial charge in [0.1, 0.15) is 5.82 Å². The van der Waals surface area contributed by atoms with Gasteiger partial charge in [-0.1, -0.05) is 24.2 Å². The molecule has 1 aromatic carbocycles. The molecule has 0 aromatic heterocycles. The number of aliphatic hydroxyl groups excluding tert-OH is 1. The number of hydrogen-bond donors (Lipinski definition) is 1. The number of benzene rings is 1. The van der Waals surface area contributed by atoms with E-state index in [-0.39, 0.29) is 5.02 Å². The van der Waals surface area contributed by atoms with Gasteiger partial charge in [0.15, 0.2) is 0 Å². The van der Waals surface area contributed by atoms with Gasteiger partial charge in [0.25, 0.3) is 0 Å². The summed E-state index contributed by atoms with van der Waals surface area (Å²) in [5, 5.41) is 9.54. The average molecular weight is 201 g/mol. The SMILES string of the molecule is C=C(C)C(O)c1ccc(F)c(Cl)c1. The van der Waals surface area contributed by atoms with Gasteiger partial charge in [0.05, 0.1) is 11.1 Å². The number of aliphatic hydroxyl groups is 1. The summed E-state index contributed by atoms with van der Waals surface area (Å²) in [6.07, 6.45) is -0.780. The molecule has 0 fully saturated rings. The van der Waals surface area contributed by atoms with Gasteiger partial charge in [-0.2, -0.15) is 0 Å². The van der Waals surface area contributed by atoms with Crippen molar-refractivity contribution < 1.29 is 9.50 Å². The largest absolute Gasteiger partial charge is 0.384 e. The van der Waals surface area contributed by atoms with Crippen LogP contribution in [0.25, 0.3) is 0 Å². The third-order valence-electron chi connectivity index (χ3n) is 1.73. The standard InChI is InChI=1S/C10H10ClFO/c1-6(2)10(13)7-3-4-9(12)8(11)5-7/h3-5,10,13H,1H2,2H3. The van der Waals surface area contributed by atoms with Crippen LogP contribution in [0.2, 0.25) is 5.02 Å². The molecule has 1 aromatic rings. The molecule has 70 valence electrons. The molecular weight excluding hydrogens is 191 g/mol. The maximum atomic E-state index is 12.7. The Labute approximate surface area is 81.5 Å². The average Bonchev–Trinajstić information content (AvgIpc) is 2.08. The molecule has 0 heterocycles. The lowest BCUT2D eigenvalue weighted by Gasteiger charge is -2.10. The van der Waals surface area contributed by atoms with E-state index in [1.807, 2.05) is 0 Å². The Balaban J connectivity index is 3.03.